The average molecular weight is 401 g/mol. The Bertz CT molecular complexity index is 638. The third-order valence-corrected chi connectivity index (χ3v) is 4.74. The molecular formula is C20H30Cl2N2O2. The normalized spacial score (nSPS) is 10.5. The van der Waals surface area contributed by atoms with Gasteiger partial charge in [-0.15, -0.1) is 12.4 Å². The number of hydrogen-bond acceptors (Lipinski definition) is 3. The van der Waals surface area contributed by atoms with Crippen LogP contribution < -0.4 is 9.47 Å². The van der Waals surface area contributed by atoms with Gasteiger partial charge in [0, 0.05) is 11.8 Å². The molecule has 0 aliphatic rings. The first-order valence-corrected chi connectivity index (χ1v) is 9.58. The number of ether oxygens (including phenoxy) is 2. The van der Waals surface area contributed by atoms with Crippen LogP contribution in [0.25, 0.3) is 0 Å². The molecular weight excluding hydrogens is 371 g/mol. The van der Waals surface area contributed by atoms with Crippen molar-refractivity contribution in [2.24, 2.45) is 0 Å². The van der Waals surface area contributed by atoms with Crippen molar-refractivity contribution >= 4 is 24.0 Å². The molecule has 0 aliphatic carbocycles. The Morgan fingerprint density at radius 2 is 1.85 bits per heavy atom. The third kappa shape index (κ3) is 6.40. The highest BCUT2D eigenvalue weighted by atomic mass is 35.5. The minimum Gasteiger partial charge on any atom is -0.497 e. The molecule has 0 radical (unpaired) electrons. The van der Waals surface area contributed by atoms with E-state index in [1.54, 1.807) is 13.2 Å². The number of aromatic nitrogens is 2. The molecule has 0 spiro atoms. The molecule has 0 aliphatic heterocycles. The number of nitrogens with zero attached hydrogens (tertiary/aromatic N) is 1. The maximum Gasteiger partial charge on any atom is 0.138 e. The molecule has 1 aromatic carbocycles. The second kappa shape index (κ2) is 12.1. The summed E-state index contributed by atoms with van der Waals surface area (Å²) in [6, 6.07) is 5.50. The van der Waals surface area contributed by atoms with Crippen LogP contribution in [0.2, 0.25) is 5.02 Å². The Morgan fingerprint density at radius 1 is 1.08 bits per heavy atom. The van der Waals surface area contributed by atoms with Crippen molar-refractivity contribution in [2.45, 2.75) is 58.8 Å². The lowest BCUT2D eigenvalue weighted by Gasteiger charge is -2.09. The maximum atomic E-state index is 6.17. The van der Waals surface area contributed by atoms with E-state index >= 15 is 0 Å². The highest BCUT2D eigenvalue weighted by molar-refractivity contribution is 6.32. The summed E-state index contributed by atoms with van der Waals surface area (Å²) >= 11 is 6.17. The van der Waals surface area contributed by atoms with E-state index < -0.39 is 0 Å². The van der Waals surface area contributed by atoms with Crippen LogP contribution in [0.15, 0.2) is 18.2 Å². The number of H-pyrrole nitrogens is 1. The lowest BCUT2D eigenvalue weighted by Crippen LogP contribution is -1.99. The number of nitrogens with one attached hydrogen (secondary N) is 1. The van der Waals surface area contributed by atoms with Crippen LogP contribution in [-0.2, 0) is 19.3 Å². The van der Waals surface area contributed by atoms with Gasteiger partial charge in [0.1, 0.15) is 11.5 Å². The maximum absolute atomic E-state index is 6.17. The lowest BCUT2D eigenvalue weighted by atomic mass is 10.0. The summed E-state index contributed by atoms with van der Waals surface area (Å²) in [5.74, 6) is 1.47. The Morgan fingerprint density at radius 3 is 2.50 bits per heavy atom. The highest BCUT2D eigenvalue weighted by Crippen LogP contribution is 2.28. The predicted octanol–water partition coefficient (Wildman–Crippen LogP) is 5.80. The van der Waals surface area contributed by atoms with Crippen molar-refractivity contribution in [2.75, 3.05) is 13.7 Å². The summed E-state index contributed by atoms with van der Waals surface area (Å²) in [6.45, 7) is 5.04. The van der Waals surface area contributed by atoms with Crippen molar-refractivity contribution in [3.63, 3.8) is 0 Å². The van der Waals surface area contributed by atoms with Gasteiger partial charge in [0.05, 0.1) is 24.4 Å². The van der Waals surface area contributed by atoms with Crippen LogP contribution in [0.4, 0.5) is 0 Å². The Labute approximate surface area is 168 Å². The fourth-order valence-electron chi connectivity index (χ4n) is 2.99. The quantitative estimate of drug-likeness (QED) is 0.484. The van der Waals surface area contributed by atoms with Crippen molar-refractivity contribution in [1.82, 2.24) is 10.2 Å². The molecule has 1 aromatic heterocycles. The van der Waals surface area contributed by atoms with Gasteiger partial charge in [0.2, 0.25) is 0 Å². The molecule has 0 unspecified atom stereocenters. The molecule has 1 heterocycles. The summed E-state index contributed by atoms with van der Waals surface area (Å²) in [5.41, 5.74) is 3.97. The largest absolute Gasteiger partial charge is 0.497 e. The molecule has 2 aromatic rings. The van der Waals surface area contributed by atoms with E-state index in [9.17, 15) is 0 Å². The van der Waals surface area contributed by atoms with Crippen LogP contribution in [0, 0.1) is 0 Å². The van der Waals surface area contributed by atoms with E-state index in [-0.39, 0.29) is 12.4 Å². The molecule has 0 bridgehead atoms. The molecule has 1 N–H and O–H groups in total. The third-order valence-electron chi connectivity index (χ3n) is 4.44. The number of aryl methyl sites for hydroxylation is 2. The van der Waals surface area contributed by atoms with Gasteiger partial charge in [0.25, 0.3) is 0 Å². The van der Waals surface area contributed by atoms with Crippen LogP contribution in [0.1, 0.15) is 56.5 Å². The Kier molecular flexibility index (Phi) is 10.5. The van der Waals surface area contributed by atoms with E-state index in [1.807, 2.05) is 12.1 Å². The van der Waals surface area contributed by atoms with Crippen LogP contribution in [0.5, 0.6) is 11.5 Å². The second-order valence-electron chi connectivity index (χ2n) is 6.14. The van der Waals surface area contributed by atoms with Crippen molar-refractivity contribution in [3.8, 4) is 11.5 Å². The molecule has 0 amide bonds. The number of halogens is 2. The monoisotopic (exact) mass is 400 g/mol. The minimum absolute atomic E-state index is 0. The molecule has 26 heavy (non-hydrogen) atoms. The number of aromatic amines is 1. The van der Waals surface area contributed by atoms with E-state index in [1.165, 1.54) is 29.8 Å². The molecule has 6 heteroatoms. The van der Waals surface area contributed by atoms with Crippen LogP contribution in [0.3, 0.4) is 0 Å². The van der Waals surface area contributed by atoms with E-state index in [2.05, 4.69) is 24.0 Å². The van der Waals surface area contributed by atoms with Gasteiger partial charge < -0.3 is 9.47 Å². The van der Waals surface area contributed by atoms with Crippen LogP contribution in [-0.4, -0.2) is 23.9 Å². The van der Waals surface area contributed by atoms with Crippen LogP contribution >= 0.6 is 24.0 Å². The van der Waals surface area contributed by atoms with Crippen molar-refractivity contribution in [1.29, 1.82) is 0 Å². The summed E-state index contributed by atoms with van der Waals surface area (Å²) < 4.78 is 10.9. The Hall–Kier alpha value is -1.39. The number of methoxy groups -OCH3 is 1. The minimum atomic E-state index is 0. The number of hydrogen-bond donors (Lipinski definition) is 1. The zero-order valence-electron chi connectivity index (χ0n) is 15.9. The molecule has 146 valence electrons. The smallest absolute Gasteiger partial charge is 0.138 e. The van der Waals surface area contributed by atoms with Gasteiger partial charge in [-0.25, -0.2) is 0 Å². The number of unbranched alkanes of at least 4 members (excludes halogenated alkanes) is 3. The highest BCUT2D eigenvalue weighted by Gasteiger charge is 2.09. The van der Waals surface area contributed by atoms with E-state index in [0.717, 1.165) is 43.6 Å². The zero-order chi connectivity index (χ0) is 18.1. The first-order valence-electron chi connectivity index (χ1n) is 9.20. The first-order chi connectivity index (χ1) is 12.2. The molecule has 0 atom stereocenters. The molecule has 4 nitrogen and oxygen atoms in total. The van der Waals surface area contributed by atoms with Gasteiger partial charge >= 0.3 is 0 Å². The number of benzene rings is 1. The standard InChI is InChI=1S/C20H29ClN2O2.ClH/c1-4-18-16(19(5-2)23-22-18)10-8-6-7-9-13-25-20-12-11-15(24-3)14-17(20)21;/h11-12,14H,4-10,13H2,1-3H3,(H,22,23);1H. The average Bonchev–Trinajstić information content (AvgIpc) is 3.03. The molecule has 0 fully saturated rings. The SMILES string of the molecule is CCc1n[nH]c(CC)c1CCCCCCOc1ccc(OC)cc1Cl.Cl. The first kappa shape index (κ1) is 22.7. The topological polar surface area (TPSA) is 47.1 Å². The van der Waals surface area contributed by atoms with Gasteiger partial charge in [0.15, 0.2) is 0 Å². The van der Waals surface area contributed by atoms with Crippen molar-refractivity contribution in [3.05, 3.63) is 40.2 Å². The van der Waals surface area contributed by atoms with Gasteiger partial charge in [-0.2, -0.15) is 5.10 Å². The molecule has 2 rings (SSSR count). The Balaban J connectivity index is 0.00000338. The number of rotatable bonds is 11. The van der Waals surface area contributed by atoms with Gasteiger partial charge in [-0.05, 0) is 49.8 Å². The molecule has 0 saturated carbocycles. The fraction of sp³-hybridized carbons (Fsp3) is 0.550. The van der Waals surface area contributed by atoms with E-state index in [0.29, 0.717) is 11.6 Å². The summed E-state index contributed by atoms with van der Waals surface area (Å²) in [4.78, 5) is 0. The van der Waals surface area contributed by atoms with Crippen molar-refractivity contribution < 1.29 is 9.47 Å². The lowest BCUT2D eigenvalue weighted by molar-refractivity contribution is 0.304. The van der Waals surface area contributed by atoms with Gasteiger partial charge in [-0.1, -0.05) is 38.3 Å². The van der Waals surface area contributed by atoms with Gasteiger partial charge in [-0.3, -0.25) is 5.10 Å². The second-order valence-corrected chi connectivity index (χ2v) is 6.55. The zero-order valence-corrected chi connectivity index (χ0v) is 17.5. The predicted molar refractivity (Wildman–Crippen MR) is 110 cm³/mol. The summed E-state index contributed by atoms with van der Waals surface area (Å²) in [5, 5.41) is 8.19. The fourth-order valence-corrected chi connectivity index (χ4v) is 3.21. The summed E-state index contributed by atoms with van der Waals surface area (Å²) in [7, 11) is 1.63. The van der Waals surface area contributed by atoms with E-state index in [4.69, 9.17) is 21.1 Å². The molecule has 0 saturated heterocycles. The summed E-state index contributed by atoms with van der Waals surface area (Å²) in [6.07, 6.45) is 7.75.